The number of phenols is 1. The SMILES string of the molecule is Oc1ccc(Oc2ccc(NCc3ccncc3)cc2)cc1. The second kappa shape index (κ2) is 6.63. The Morgan fingerprint density at radius 1 is 0.818 bits per heavy atom. The highest BCUT2D eigenvalue weighted by atomic mass is 16.5. The monoisotopic (exact) mass is 292 g/mol. The second-order valence-electron chi connectivity index (χ2n) is 4.83. The molecule has 0 amide bonds. The number of pyridine rings is 1. The summed E-state index contributed by atoms with van der Waals surface area (Å²) in [7, 11) is 0. The number of aromatic hydroxyl groups is 1. The molecule has 110 valence electrons. The lowest BCUT2D eigenvalue weighted by atomic mass is 10.2. The number of hydrogen-bond acceptors (Lipinski definition) is 4. The van der Waals surface area contributed by atoms with Crippen LogP contribution in [-0.4, -0.2) is 10.1 Å². The van der Waals surface area contributed by atoms with Crippen LogP contribution in [0, 0.1) is 0 Å². The third-order valence-electron chi connectivity index (χ3n) is 3.17. The van der Waals surface area contributed by atoms with E-state index in [2.05, 4.69) is 10.3 Å². The van der Waals surface area contributed by atoms with Crippen LogP contribution >= 0.6 is 0 Å². The zero-order chi connectivity index (χ0) is 15.2. The van der Waals surface area contributed by atoms with Gasteiger partial charge in [-0.05, 0) is 66.2 Å². The number of hydrogen-bond donors (Lipinski definition) is 2. The van der Waals surface area contributed by atoms with E-state index in [1.807, 2.05) is 36.4 Å². The standard InChI is InChI=1S/C18H16N2O2/c21-16-3-7-18(8-4-16)22-17-5-1-15(2-6-17)20-13-14-9-11-19-12-10-14/h1-12,20-21H,13H2. The maximum absolute atomic E-state index is 9.24. The van der Waals surface area contributed by atoms with Crippen molar-refractivity contribution in [2.24, 2.45) is 0 Å². The Bertz CT molecular complexity index is 710. The first-order valence-corrected chi connectivity index (χ1v) is 6.99. The average molecular weight is 292 g/mol. The van der Waals surface area contributed by atoms with Crippen molar-refractivity contribution < 1.29 is 9.84 Å². The molecule has 0 aliphatic carbocycles. The second-order valence-corrected chi connectivity index (χ2v) is 4.83. The molecule has 0 aliphatic heterocycles. The molecule has 0 aliphatic rings. The maximum atomic E-state index is 9.24. The molecule has 0 bridgehead atoms. The van der Waals surface area contributed by atoms with E-state index in [9.17, 15) is 5.11 Å². The van der Waals surface area contributed by atoms with E-state index in [1.165, 1.54) is 5.56 Å². The maximum Gasteiger partial charge on any atom is 0.127 e. The molecule has 4 heteroatoms. The van der Waals surface area contributed by atoms with Crippen molar-refractivity contribution in [3.05, 3.63) is 78.6 Å². The topological polar surface area (TPSA) is 54.4 Å². The van der Waals surface area contributed by atoms with Gasteiger partial charge in [0.1, 0.15) is 17.2 Å². The number of benzene rings is 2. The third-order valence-corrected chi connectivity index (χ3v) is 3.17. The normalized spacial score (nSPS) is 10.2. The molecule has 2 N–H and O–H groups in total. The van der Waals surface area contributed by atoms with E-state index >= 15 is 0 Å². The zero-order valence-corrected chi connectivity index (χ0v) is 11.9. The van der Waals surface area contributed by atoms with Crippen LogP contribution in [0.1, 0.15) is 5.56 Å². The number of rotatable bonds is 5. The molecule has 22 heavy (non-hydrogen) atoms. The lowest BCUT2D eigenvalue weighted by Crippen LogP contribution is -1.99. The van der Waals surface area contributed by atoms with Crippen LogP contribution in [0.4, 0.5) is 5.69 Å². The summed E-state index contributed by atoms with van der Waals surface area (Å²) in [5.41, 5.74) is 2.20. The lowest BCUT2D eigenvalue weighted by Gasteiger charge is -2.09. The van der Waals surface area contributed by atoms with Gasteiger partial charge < -0.3 is 15.2 Å². The number of aromatic nitrogens is 1. The van der Waals surface area contributed by atoms with Gasteiger partial charge in [-0.1, -0.05) is 0 Å². The van der Waals surface area contributed by atoms with Crippen molar-refractivity contribution in [3.63, 3.8) is 0 Å². The largest absolute Gasteiger partial charge is 0.508 e. The van der Waals surface area contributed by atoms with Gasteiger partial charge in [0.05, 0.1) is 0 Å². The highest BCUT2D eigenvalue weighted by Crippen LogP contribution is 2.24. The summed E-state index contributed by atoms with van der Waals surface area (Å²) < 4.78 is 5.70. The summed E-state index contributed by atoms with van der Waals surface area (Å²) in [5, 5.41) is 12.6. The van der Waals surface area contributed by atoms with Crippen LogP contribution in [0.25, 0.3) is 0 Å². The Hall–Kier alpha value is -3.01. The summed E-state index contributed by atoms with van der Waals surface area (Å²) in [4.78, 5) is 4.00. The number of nitrogens with zero attached hydrogens (tertiary/aromatic N) is 1. The number of ether oxygens (including phenoxy) is 1. The van der Waals surface area contributed by atoms with Crippen LogP contribution in [-0.2, 0) is 6.54 Å². The molecule has 0 spiro atoms. The summed E-state index contributed by atoms with van der Waals surface area (Å²) in [5.74, 6) is 1.67. The van der Waals surface area contributed by atoms with Crippen LogP contribution in [0.2, 0.25) is 0 Å². The molecule has 1 aromatic heterocycles. The molecule has 0 radical (unpaired) electrons. The van der Waals surface area contributed by atoms with Crippen molar-refractivity contribution in [1.29, 1.82) is 0 Å². The fourth-order valence-electron chi connectivity index (χ4n) is 2.00. The Morgan fingerprint density at radius 2 is 1.41 bits per heavy atom. The van der Waals surface area contributed by atoms with E-state index in [0.717, 1.165) is 18.0 Å². The molecule has 1 heterocycles. The fourth-order valence-corrected chi connectivity index (χ4v) is 2.00. The lowest BCUT2D eigenvalue weighted by molar-refractivity contribution is 0.464. The Morgan fingerprint density at radius 3 is 2.05 bits per heavy atom. The Kier molecular flexibility index (Phi) is 4.20. The molecule has 2 aromatic carbocycles. The molecule has 0 saturated heterocycles. The molecule has 0 atom stereocenters. The quantitative estimate of drug-likeness (QED) is 0.740. The van der Waals surface area contributed by atoms with Gasteiger partial charge in [0, 0.05) is 24.6 Å². The number of anilines is 1. The fraction of sp³-hybridized carbons (Fsp3) is 0.0556. The van der Waals surface area contributed by atoms with Gasteiger partial charge in [0.25, 0.3) is 0 Å². The first kappa shape index (κ1) is 13.9. The Balaban J connectivity index is 1.59. The molecule has 4 nitrogen and oxygen atoms in total. The first-order valence-electron chi connectivity index (χ1n) is 6.99. The molecule has 0 fully saturated rings. The highest BCUT2D eigenvalue weighted by molar-refractivity contribution is 5.47. The molecular weight excluding hydrogens is 276 g/mol. The molecule has 0 unspecified atom stereocenters. The molecule has 3 aromatic rings. The van der Waals surface area contributed by atoms with Crippen molar-refractivity contribution >= 4 is 5.69 Å². The van der Waals surface area contributed by atoms with Crippen LogP contribution in [0.3, 0.4) is 0 Å². The highest BCUT2D eigenvalue weighted by Gasteiger charge is 1.99. The minimum Gasteiger partial charge on any atom is -0.508 e. The average Bonchev–Trinajstić information content (AvgIpc) is 2.57. The first-order chi connectivity index (χ1) is 10.8. The van der Waals surface area contributed by atoms with E-state index < -0.39 is 0 Å². The van der Waals surface area contributed by atoms with Gasteiger partial charge in [-0.15, -0.1) is 0 Å². The van der Waals surface area contributed by atoms with Crippen molar-refractivity contribution in [2.45, 2.75) is 6.54 Å². The summed E-state index contributed by atoms with van der Waals surface area (Å²) in [6.45, 7) is 0.751. The number of nitrogens with one attached hydrogen (secondary N) is 1. The number of phenolic OH excluding ortho intramolecular Hbond substituents is 1. The smallest absolute Gasteiger partial charge is 0.127 e. The summed E-state index contributed by atoms with van der Waals surface area (Å²) >= 11 is 0. The van der Waals surface area contributed by atoms with Gasteiger partial charge in [0.15, 0.2) is 0 Å². The van der Waals surface area contributed by atoms with E-state index in [1.54, 1.807) is 36.7 Å². The van der Waals surface area contributed by atoms with Gasteiger partial charge in [-0.2, -0.15) is 0 Å². The van der Waals surface area contributed by atoms with Crippen molar-refractivity contribution in [3.8, 4) is 17.2 Å². The van der Waals surface area contributed by atoms with Gasteiger partial charge in [-0.25, -0.2) is 0 Å². The van der Waals surface area contributed by atoms with Crippen molar-refractivity contribution in [2.75, 3.05) is 5.32 Å². The predicted molar refractivity (Wildman–Crippen MR) is 86.2 cm³/mol. The minimum absolute atomic E-state index is 0.225. The van der Waals surface area contributed by atoms with Crippen LogP contribution in [0.15, 0.2) is 73.1 Å². The Labute approximate surface area is 129 Å². The van der Waals surface area contributed by atoms with Gasteiger partial charge in [0.2, 0.25) is 0 Å². The summed E-state index contributed by atoms with van der Waals surface area (Å²) in [6, 6.07) is 18.4. The predicted octanol–water partition coefficient (Wildman–Crippen LogP) is 4.19. The molecule has 0 saturated carbocycles. The van der Waals surface area contributed by atoms with Gasteiger partial charge in [-0.3, -0.25) is 4.98 Å². The zero-order valence-electron chi connectivity index (χ0n) is 11.9. The third kappa shape index (κ3) is 3.76. The summed E-state index contributed by atoms with van der Waals surface area (Å²) in [6.07, 6.45) is 3.57. The molecular formula is C18H16N2O2. The van der Waals surface area contributed by atoms with Crippen LogP contribution < -0.4 is 10.1 Å². The van der Waals surface area contributed by atoms with Crippen molar-refractivity contribution in [1.82, 2.24) is 4.98 Å². The minimum atomic E-state index is 0.225. The van der Waals surface area contributed by atoms with E-state index in [0.29, 0.717) is 5.75 Å². The van der Waals surface area contributed by atoms with E-state index in [4.69, 9.17) is 4.74 Å². The van der Waals surface area contributed by atoms with Crippen LogP contribution in [0.5, 0.6) is 17.2 Å². The van der Waals surface area contributed by atoms with Gasteiger partial charge >= 0.3 is 0 Å². The van der Waals surface area contributed by atoms with E-state index in [-0.39, 0.29) is 5.75 Å². The molecule has 3 rings (SSSR count).